The van der Waals surface area contributed by atoms with Gasteiger partial charge in [-0.25, -0.2) is 9.37 Å². The third-order valence-corrected chi connectivity index (χ3v) is 4.61. The number of aromatic nitrogens is 1. The first kappa shape index (κ1) is 17.9. The van der Waals surface area contributed by atoms with E-state index in [4.69, 9.17) is 9.47 Å². The predicted octanol–water partition coefficient (Wildman–Crippen LogP) is 4.14. The summed E-state index contributed by atoms with van der Waals surface area (Å²) in [6, 6.07) is 11.4. The van der Waals surface area contributed by atoms with Gasteiger partial charge >= 0.3 is 0 Å². The molecule has 2 aromatic carbocycles. The Hall–Kier alpha value is -2.93. The molecule has 1 heterocycles. The average Bonchev–Trinajstić information content (AvgIpc) is 3.07. The lowest BCUT2D eigenvalue weighted by molar-refractivity contribution is 0.102. The maximum atomic E-state index is 13.3. The fourth-order valence-corrected chi connectivity index (χ4v) is 3.29. The Balaban J connectivity index is 1.74. The molecule has 0 atom stereocenters. The van der Waals surface area contributed by atoms with Gasteiger partial charge in [-0.2, -0.15) is 0 Å². The van der Waals surface area contributed by atoms with Gasteiger partial charge < -0.3 is 9.47 Å². The number of rotatable bonds is 6. The maximum absolute atomic E-state index is 13.3. The molecular weight excluding hydrogens is 355 g/mol. The minimum Gasteiger partial charge on any atom is -0.497 e. The molecule has 1 aromatic heterocycles. The van der Waals surface area contributed by atoms with Gasteiger partial charge in [0.2, 0.25) is 0 Å². The summed E-state index contributed by atoms with van der Waals surface area (Å²) in [6.07, 6.45) is 2.22. The molecule has 26 heavy (non-hydrogen) atoms. The highest BCUT2D eigenvalue weighted by molar-refractivity contribution is 7.15. The molecule has 5 nitrogen and oxygen atoms in total. The van der Waals surface area contributed by atoms with Gasteiger partial charge in [0, 0.05) is 17.5 Å². The van der Waals surface area contributed by atoms with E-state index in [2.05, 4.69) is 10.3 Å². The third kappa shape index (κ3) is 4.18. The summed E-state index contributed by atoms with van der Waals surface area (Å²) in [5.74, 6) is 0.389. The quantitative estimate of drug-likeness (QED) is 0.706. The molecule has 0 aliphatic heterocycles. The average molecular weight is 372 g/mol. The molecule has 0 saturated heterocycles. The Kier molecular flexibility index (Phi) is 5.48. The number of ether oxygens (including phenoxy) is 2. The molecule has 0 fully saturated rings. The monoisotopic (exact) mass is 372 g/mol. The first-order valence-electron chi connectivity index (χ1n) is 7.81. The Morgan fingerprint density at radius 3 is 2.77 bits per heavy atom. The van der Waals surface area contributed by atoms with Crippen LogP contribution in [-0.2, 0) is 6.42 Å². The van der Waals surface area contributed by atoms with Gasteiger partial charge in [0.25, 0.3) is 5.91 Å². The largest absolute Gasteiger partial charge is 0.497 e. The zero-order valence-electron chi connectivity index (χ0n) is 14.3. The summed E-state index contributed by atoms with van der Waals surface area (Å²) in [4.78, 5) is 17.7. The van der Waals surface area contributed by atoms with Crippen LogP contribution in [0.1, 0.15) is 20.8 Å². The normalized spacial score (nSPS) is 10.4. The number of methoxy groups -OCH3 is 2. The molecular formula is C19H17FN2O3S. The molecule has 0 saturated carbocycles. The summed E-state index contributed by atoms with van der Waals surface area (Å²) in [5, 5.41) is 3.22. The zero-order valence-corrected chi connectivity index (χ0v) is 15.1. The molecule has 1 N–H and O–H groups in total. The van der Waals surface area contributed by atoms with E-state index in [9.17, 15) is 9.18 Å². The van der Waals surface area contributed by atoms with Crippen molar-refractivity contribution in [2.75, 3.05) is 19.5 Å². The Bertz CT molecular complexity index is 927. The van der Waals surface area contributed by atoms with Crippen LogP contribution in [0.3, 0.4) is 0 Å². The van der Waals surface area contributed by atoms with Crippen molar-refractivity contribution in [1.82, 2.24) is 4.98 Å². The summed E-state index contributed by atoms with van der Waals surface area (Å²) >= 11 is 1.34. The zero-order chi connectivity index (χ0) is 18.5. The lowest BCUT2D eigenvalue weighted by atomic mass is 10.1. The predicted molar refractivity (Wildman–Crippen MR) is 98.8 cm³/mol. The van der Waals surface area contributed by atoms with E-state index in [-0.39, 0.29) is 11.7 Å². The molecule has 0 spiro atoms. The highest BCUT2D eigenvalue weighted by Crippen LogP contribution is 2.26. The van der Waals surface area contributed by atoms with E-state index in [0.29, 0.717) is 28.6 Å². The number of nitrogens with one attached hydrogen (secondary N) is 1. The summed E-state index contributed by atoms with van der Waals surface area (Å²) in [7, 11) is 3.03. The molecule has 0 bridgehead atoms. The smallest absolute Gasteiger partial charge is 0.261 e. The maximum Gasteiger partial charge on any atom is 0.261 e. The van der Waals surface area contributed by atoms with E-state index in [1.807, 2.05) is 6.07 Å². The van der Waals surface area contributed by atoms with Crippen molar-refractivity contribution >= 4 is 22.4 Å². The second kappa shape index (κ2) is 7.97. The van der Waals surface area contributed by atoms with Crippen molar-refractivity contribution in [2.24, 2.45) is 0 Å². The van der Waals surface area contributed by atoms with Crippen LogP contribution >= 0.6 is 11.3 Å². The number of hydrogen-bond acceptors (Lipinski definition) is 5. The number of thiazole rings is 1. The summed E-state index contributed by atoms with van der Waals surface area (Å²) in [5.41, 5.74) is 1.20. The summed E-state index contributed by atoms with van der Waals surface area (Å²) < 4.78 is 23.7. The van der Waals surface area contributed by atoms with Crippen LogP contribution in [0.15, 0.2) is 48.7 Å². The van der Waals surface area contributed by atoms with E-state index < -0.39 is 0 Å². The Labute approximate surface area is 154 Å². The number of nitrogens with zero attached hydrogens (tertiary/aromatic N) is 1. The summed E-state index contributed by atoms with van der Waals surface area (Å²) in [6.45, 7) is 0. The van der Waals surface area contributed by atoms with Gasteiger partial charge in [0.1, 0.15) is 17.3 Å². The minimum absolute atomic E-state index is 0.273. The van der Waals surface area contributed by atoms with Gasteiger partial charge in [-0.15, -0.1) is 11.3 Å². The number of benzene rings is 2. The van der Waals surface area contributed by atoms with Gasteiger partial charge in [-0.05, 0) is 35.9 Å². The molecule has 0 aliphatic carbocycles. The van der Waals surface area contributed by atoms with Gasteiger partial charge in [0.05, 0.1) is 19.8 Å². The first-order chi connectivity index (χ1) is 12.6. The van der Waals surface area contributed by atoms with Gasteiger partial charge in [-0.3, -0.25) is 10.1 Å². The van der Waals surface area contributed by atoms with Crippen LogP contribution < -0.4 is 14.8 Å². The van der Waals surface area contributed by atoms with Crippen molar-refractivity contribution in [1.29, 1.82) is 0 Å². The second-order valence-corrected chi connectivity index (χ2v) is 6.57. The van der Waals surface area contributed by atoms with Crippen molar-refractivity contribution < 1.29 is 18.7 Å². The van der Waals surface area contributed by atoms with Crippen molar-refractivity contribution in [3.8, 4) is 11.5 Å². The number of anilines is 1. The SMILES string of the molecule is COc1ccc(OC)c(C(=O)Nc2ncc(Cc3cccc(F)c3)s2)c1. The second-order valence-electron chi connectivity index (χ2n) is 5.46. The van der Waals surface area contributed by atoms with Crippen molar-refractivity contribution in [3.63, 3.8) is 0 Å². The fourth-order valence-electron chi connectivity index (χ4n) is 2.45. The number of hydrogen-bond donors (Lipinski definition) is 1. The molecule has 134 valence electrons. The van der Waals surface area contributed by atoms with Crippen LogP contribution in [0, 0.1) is 5.82 Å². The van der Waals surface area contributed by atoms with Gasteiger partial charge in [0.15, 0.2) is 5.13 Å². The molecule has 0 unspecified atom stereocenters. The van der Waals surface area contributed by atoms with E-state index >= 15 is 0 Å². The highest BCUT2D eigenvalue weighted by atomic mass is 32.1. The highest BCUT2D eigenvalue weighted by Gasteiger charge is 2.15. The lowest BCUT2D eigenvalue weighted by Gasteiger charge is -2.09. The third-order valence-electron chi connectivity index (χ3n) is 3.69. The Morgan fingerprint density at radius 1 is 1.19 bits per heavy atom. The molecule has 0 aliphatic rings. The van der Waals surface area contributed by atoms with Crippen LogP contribution in [-0.4, -0.2) is 25.1 Å². The minimum atomic E-state index is -0.340. The van der Waals surface area contributed by atoms with Crippen LogP contribution in [0.2, 0.25) is 0 Å². The van der Waals surface area contributed by atoms with Crippen LogP contribution in [0.25, 0.3) is 0 Å². The number of carbonyl (C=O) groups excluding carboxylic acids is 1. The molecule has 3 aromatic rings. The Morgan fingerprint density at radius 2 is 2.04 bits per heavy atom. The van der Waals surface area contributed by atoms with Crippen molar-refractivity contribution in [3.05, 3.63) is 70.5 Å². The topological polar surface area (TPSA) is 60.5 Å². The number of halogens is 1. The van der Waals surface area contributed by atoms with Crippen LogP contribution in [0.5, 0.6) is 11.5 Å². The van der Waals surface area contributed by atoms with Crippen LogP contribution in [0.4, 0.5) is 9.52 Å². The van der Waals surface area contributed by atoms with E-state index in [1.165, 1.54) is 37.7 Å². The molecule has 1 amide bonds. The van der Waals surface area contributed by atoms with E-state index in [0.717, 1.165) is 10.4 Å². The fraction of sp³-hybridized carbons (Fsp3) is 0.158. The standard InChI is InChI=1S/C19H17FN2O3S/c1-24-14-6-7-17(25-2)16(10-14)18(23)22-19-21-11-15(26-19)9-12-4-3-5-13(20)8-12/h3-8,10-11H,9H2,1-2H3,(H,21,22,23). The van der Waals surface area contributed by atoms with Crippen molar-refractivity contribution in [2.45, 2.75) is 6.42 Å². The number of amides is 1. The van der Waals surface area contributed by atoms with E-state index in [1.54, 1.807) is 30.5 Å². The molecule has 7 heteroatoms. The lowest BCUT2D eigenvalue weighted by Crippen LogP contribution is -2.13. The molecule has 0 radical (unpaired) electrons. The molecule has 3 rings (SSSR count). The first-order valence-corrected chi connectivity index (χ1v) is 8.63. The van der Waals surface area contributed by atoms with Gasteiger partial charge in [-0.1, -0.05) is 12.1 Å². The number of carbonyl (C=O) groups is 1.